The van der Waals surface area contributed by atoms with E-state index in [2.05, 4.69) is 22.2 Å². The van der Waals surface area contributed by atoms with Gasteiger partial charge < -0.3 is 15.8 Å². The molecule has 1 atom stereocenters. The molecule has 1 aliphatic heterocycles. The van der Waals surface area contributed by atoms with Crippen LogP contribution in [0.5, 0.6) is 0 Å². The molecule has 0 aliphatic carbocycles. The van der Waals surface area contributed by atoms with Crippen LogP contribution < -0.4 is 5.73 Å². The van der Waals surface area contributed by atoms with Gasteiger partial charge in [-0.2, -0.15) is 0 Å². The van der Waals surface area contributed by atoms with Crippen LogP contribution in [-0.4, -0.2) is 52.9 Å². The van der Waals surface area contributed by atoms with E-state index < -0.39 is 5.92 Å². The van der Waals surface area contributed by atoms with Crippen molar-refractivity contribution in [2.24, 2.45) is 16.8 Å². The number of benzene rings is 1. The number of nitrogens with zero attached hydrogens (tertiary/aromatic N) is 3. The van der Waals surface area contributed by atoms with Crippen LogP contribution in [0.15, 0.2) is 35.5 Å². The third kappa shape index (κ3) is 3.95. The molecule has 1 aliphatic rings. The second-order valence-corrected chi connectivity index (χ2v) is 5.33. The molecule has 0 spiro atoms. The van der Waals surface area contributed by atoms with Gasteiger partial charge in [0.05, 0.1) is 5.92 Å². The van der Waals surface area contributed by atoms with Gasteiger partial charge in [-0.15, -0.1) is 0 Å². The Kier molecular flexibility index (Phi) is 5.16. The van der Waals surface area contributed by atoms with Gasteiger partial charge in [0.2, 0.25) is 5.91 Å². The molecule has 0 saturated carbocycles. The quantitative estimate of drug-likeness (QED) is 0.370. The van der Waals surface area contributed by atoms with Crippen LogP contribution in [0, 0.1) is 5.92 Å². The fraction of sp³-hybridized carbons (Fsp3) is 0.467. The molecule has 1 aromatic carbocycles. The molecule has 1 amide bonds. The van der Waals surface area contributed by atoms with Gasteiger partial charge in [-0.3, -0.25) is 9.69 Å². The van der Waals surface area contributed by atoms with Crippen molar-refractivity contribution in [1.29, 1.82) is 0 Å². The lowest BCUT2D eigenvalue weighted by atomic mass is 10.1. The lowest BCUT2D eigenvalue weighted by Crippen LogP contribution is -2.51. The van der Waals surface area contributed by atoms with E-state index in [1.165, 1.54) is 5.56 Å². The molecule has 1 aromatic rings. The van der Waals surface area contributed by atoms with Crippen LogP contribution in [0.2, 0.25) is 0 Å². The largest absolute Gasteiger partial charge is 0.409 e. The normalized spacial score (nSPS) is 18.5. The Morgan fingerprint density at radius 1 is 1.29 bits per heavy atom. The summed E-state index contributed by atoms with van der Waals surface area (Å²) in [4.78, 5) is 16.3. The summed E-state index contributed by atoms with van der Waals surface area (Å²) in [6, 6.07) is 10.3. The van der Waals surface area contributed by atoms with Crippen molar-refractivity contribution in [2.45, 2.75) is 13.5 Å². The molecule has 2 rings (SSSR count). The minimum atomic E-state index is -0.573. The van der Waals surface area contributed by atoms with Gasteiger partial charge in [-0.25, -0.2) is 0 Å². The Hall–Kier alpha value is -2.08. The SMILES string of the molecule is CC(C(=O)N1CCN(Cc2ccccc2)CC1)C(N)=NO. The van der Waals surface area contributed by atoms with Crippen molar-refractivity contribution in [2.75, 3.05) is 26.2 Å². The van der Waals surface area contributed by atoms with E-state index in [1.807, 2.05) is 18.2 Å². The molecule has 114 valence electrons. The number of hydrogen-bond acceptors (Lipinski definition) is 4. The predicted octanol–water partition coefficient (Wildman–Crippen LogP) is 0.713. The molecule has 21 heavy (non-hydrogen) atoms. The lowest BCUT2D eigenvalue weighted by molar-refractivity contribution is -0.134. The Balaban J connectivity index is 1.84. The number of carbonyl (C=O) groups is 1. The molecule has 0 radical (unpaired) electrons. The summed E-state index contributed by atoms with van der Waals surface area (Å²) < 4.78 is 0. The number of amidine groups is 1. The average Bonchev–Trinajstić information content (AvgIpc) is 2.54. The maximum Gasteiger partial charge on any atom is 0.233 e. The molecule has 6 nitrogen and oxygen atoms in total. The first-order chi connectivity index (χ1) is 10.1. The fourth-order valence-corrected chi connectivity index (χ4v) is 2.45. The van der Waals surface area contributed by atoms with Crippen molar-refractivity contribution in [3.63, 3.8) is 0 Å². The number of piperazine rings is 1. The van der Waals surface area contributed by atoms with Gasteiger partial charge in [0, 0.05) is 32.7 Å². The van der Waals surface area contributed by atoms with Gasteiger partial charge in [-0.05, 0) is 12.5 Å². The van der Waals surface area contributed by atoms with Crippen LogP contribution in [0.1, 0.15) is 12.5 Å². The summed E-state index contributed by atoms with van der Waals surface area (Å²) in [6.07, 6.45) is 0. The van der Waals surface area contributed by atoms with E-state index in [9.17, 15) is 4.79 Å². The van der Waals surface area contributed by atoms with Gasteiger partial charge >= 0.3 is 0 Å². The van der Waals surface area contributed by atoms with Gasteiger partial charge in [0.1, 0.15) is 0 Å². The second-order valence-electron chi connectivity index (χ2n) is 5.33. The van der Waals surface area contributed by atoms with Crippen molar-refractivity contribution in [1.82, 2.24) is 9.80 Å². The molecular formula is C15H22N4O2. The molecular weight excluding hydrogens is 268 g/mol. The Morgan fingerprint density at radius 2 is 1.90 bits per heavy atom. The zero-order chi connectivity index (χ0) is 15.2. The second kappa shape index (κ2) is 7.08. The molecule has 6 heteroatoms. The van der Waals surface area contributed by atoms with Crippen LogP contribution >= 0.6 is 0 Å². The Morgan fingerprint density at radius 3 is 2.48 bits per heavy atom. The molecule has 0 bridgehead atoms. The van der Waals surface area contributed by atoms with Crippen LogP contribution in [0.3, 0.4) is 0 Å². The van der Waals surface area contributed by atoms with Crippen LogP contribution in [0.4, 0.5) is 0 Å². The number of oxime groups is 1. The van der Waals surface area contributed by atoms with Crippen molar-refractivity contribution in [3.8, 4) is 0 Å². The maximum atomic E-state index is 12.2. The van der Waals surface area contributed by atoms with E-state index in [1.54, 1.807) is 11.8 Å². The van der Waals surface area contributed by atoms with E-state index in [-0.39, 0.29) is 11.7 Å². The van der Waals surface area contributed by atoms with Crippen molar-refractivity contribution in [3.05, 3.63) is 35.9 Å². The van der Waals surface area contributed by atoms with Crippen LogP contribution in [-0.2, 0) is 11.3 Å². The predicted molar refractivity (Wildman–Crippen MR) is 80.9 cm³/mol. The van der Waals surface area contributed by atoms with Gasteiger partial charge in [0.15, 0.2) is 5.84 Å². The van der Waals surface area contributed by atoms with E-state index >= 15 is 0 Å². The van der Waals surface area contributed by atoms with Gasteiger partial charge in [-0.1, -0.05) is 35.5 Å². The maximum absolute atomic E-state index is 12.2. The van der Waals surface area contributed by atoms with Crippen molar-refractivity contribution >= 4 is 11.7 Å². The van der Waals surface area contributed by atoms with E-state index in [0.717, 1.165) is 19.6 Å². The summed E-state index contributed by atoms with van der Waals surface area (Å²) >= 11 is 0. The van der Waals surface area contributed by atoms with Crippen LogP contribution in [0.25, 0.3) is 0 Å². The van der Waals surface area contributed by atoms with E-state index in [4.69, 9.17) is 10.9 Å². The lowest BCUT2D eigenvalue weighted by Gasteiger charge is -2.35. The minimum absolute atomic E-state index is 0.0354. The highest BCUT2D eigenvalue weighted by atomic mass is 16.4. The number of nitrogens with two attached hydrogens (primary N) is 1. The fourth-order valence-electron chi connectivity index (χ4n) is 2.45. The molecule has 1 heterocycles. The zero-order valence-electron chi connectivity index (χ0n) is 12.3. The summed E-state index contributed by atoms with van der Waals surface area (Å²) in [7, 11) is 0. The number of carbonyl (C=O) groups excluding carboxylic acids is 1. The molecule has 1 unspecified atom stereocenters. The smallest absolute Gasteiger partial charge is 0.233 e. The third-order valence-corrected chi connectivity index (χ3v) is 3.86. The van der Waals surface area contributed by atoms with Gasteiger partial charge in [0.25, 0.3) is 0 Å². The molecule has 1 fully saturated rings. The first kappa shape index (κ1) is 15.3. The first-order valence-electron chi connectivity index (χ1n) is 7.14. The highest BCUT2D eigenvalue weighted by Crippen LogP contribution is 2.11. The third-order valence-electron chi connectivity index (χ3n) is 3.86. The minimum Gasteiger partial charge on any atom is -0.409 e. The summed E-state index contributed by atoms with van der Waals surface area (Å²) in [5, 5.41) is 11.6. The summed E-state index contributed by atoms with van der Waals surface area (Å²) in [5.74, 6) is -0.688. The van der Waals surface area contributed by atoms with E-state index in [0.29, 0.717) is 13.1 Å². The Bertz CT molecular complexity index is 496. The standard InChI is InChI=1S/C15H22N4O2/c1-12(14(16)17-21)15(20)19-9-7-18(8-10-19)11-13-5-3-2-4-6-13/h2-6,12,21H,7-11H2,1H3,(H2,16,17). The molecule has 1 saturated heterocycles. The molecule has 0 aromatic heterocycles. The first-order valence-corrected chi connectivity index (χ1v) is 7.14. The number of hydrogen-bond donors (Lipinski definition) is 2. The topological polar surface area (TPSA) is 82.2 Å². The highest BCUT2D eigenvalue weighted by Gasteiger charge is 2.27. The van der Waals surface area contributed by atoms with Crippen molar-refractivity contribution < 1.29 is 10.0 Å². The Labute approximate surface area is 124 Å². The number of rotatable bonds is 4. The monoisotopic (exact) mass is 290 g/mol. The summed E-state index contributed by atoms with van der Waals surface area (Å²) in [6.45, 7) is 5.59. The average molecular weight is 290 g/mol. The molecule has 3 N–H and O–H groups in total. The summed E-state index contributed by atoms with van der Waals surface area (Å²) in [5.41, 5.74) is 6.78. The zero-order valence-corrected chi connectivity index (χ0v) is 12.3. The number of amides is 1. The highest BCUT2D eigenvalue weighted by molar-refractivity contribution is 6.01.